The molecule has 98 valence electrons. The van der Waals surface area contributed by atoms with Gasteiger partial charge in [-0.1, -0.05) is 19.8 Å². The van der Waals surface area contributed by atoms with E-state index in [0.717, 1.165) is 23.8 Å². The van der Waals surface area contributed by atoms with Gasteiger partial charge in [0.2, 0.25) is 0 Å². The highest BCUT2D eigenvalue weighted by Crippen LogP contribution is 2.63. The van der Waals surface area contributed by atoms with Gasteiger partial charge >= 0.3 is 5.97 Å². The summed E-state index contributed by atoms with van der Waals surface area (Å²) in [4.78, 5) is 11.7. The van der Waals surface area contributed by atoms with Crippen LogP contribution in [0.3, 0.4) is 0 Å². The minimum absolute atomic E-state index is 0.276. The molecule has 1 N–H and O–H groups in total. The van der Waals surface area contributed by atoms with Gasteiger partial charge in [0, 0.05) is 17.2 Å². The molecule has 1 saturated carbocycles. The zero-order chi connectivity index (χ0) is 12.7. The Kier molecular flexibility index (Phi) is 2.88. The summed E-state index contributed by atoms with van der Waals surface area (Å²) in [5.74, 6) is 1.95. The average molecular weight is 248 g/mol. The van der Waals surface area contributed by atoms with Crippen LogP contribution in [-0.2, 0) is 11.2 Å². The van der Waals surface area contributed by atoms with E-state index in [1.54, 1.807) is 0 Å². The van der Waals surface area contributed by atoms with Gasteiger partial charge in [-0.3, -0.25) is 5.10 Å². The van der Waals surface area contributed by atoms with Crippen LogP contribution in [0, 0.1) is 11.8 Å². The van der Waals surface area contributed by atoms with Gasteiger partial charge in [0.25, 0.3) is 0 Å². The number of carbonyl (C=O) groups excluding carboxylic acids is 1. The van der Waals surface area contributed by atoms with Crippen LogP contribution in [0.1, 0.15) is 60.8 Å². The van der Waals surface area contributed by atoms with Crippen molar-refractivity contribution in [1.82, 2.24) is 10.2 Å². The highest BCUT2D eigenvalue weighted by molar-refractivity contribution is 5.89. The van der Waals surface area contributed by atoms with Gasteiger partial charge in [0.1, 0.15) is 0 Å². The fourth-order valence-electron chi connectivity index (χ4n) is 3.45. The van der Waals surface area contributed by atoms with Crippen LogP contribution in [0.4, 0.5) is 0 Å². The fourth-order valence-corrected chi connectivity index (χ4v) is 3.45. The highest BCUT2D eigenvalue weighted by Gasteiger charge is 2.57. The maximum Gasteiger partial charge on any atom is 0.359 e. The van der Waals surface area contributed by atoms with E-state index >= 15 is 0 Å². The fraction of sp³-hybridized carbons (Fsp3) is 0.714. The second kappa shape index (κ2) is 4.41. The van der Waals surface area contributed by atoms with Crippen molar-refractivity contribution in [2.45, 2.75) is 45.4 Å². The third-order valence-electron chi connectivity index (χ3n) is 4.36. The SMILES string of the molecule is CCCC[C@H]1[C@@H]2Cc3c(C(=O)OCC)n[nH]c3[C@H]12. The summed E-state index contributed by atoms with van der Waals surface area (Å²) in [5.41, 5.74) is 2.86. The number of aromatic amines is 1. The van der Waals surface area contributed by atoms with Gasteiger partial charge in [-0.25, -0.2) is 4.79 Å². The summed E-state index contributed by atoms with van der Waals surface area (Å²) in [7, 11) is 0. The van der Waals surface area contributed by atoms with Crippen LogP contribution < -0.4 is 0 Å². The van der Waals surface area contributed by atoms with Crippen molar-refractivity contribution in [3.63, 3.8) is 0 Å². The van der Waals surface area contributed by atoms with E-state index in [2.05, 4.69) is 17.1 Å². The first-order valence-corrected chi connectivity index (χ1v) is 7.02. The number of nitrogens with one attached hydrogen (secondary N) is 1. The van der Waals surface area contributed by atoms with Crippen LogP contribution in [0.25, 0.3) is 0 Å². The van der Waals surface area contributed by atoms with Crippen molar-refractivity contribution in [3.05, 3.63) is 17.0 Å². The molecule has 3 rings (SSSR count). The molecule has 4 nitrogen and oxygen atoms in total. The van der Waals surface area contributed by atoms with Crippen molar-refractivity contribution in [3.8, 4) is 0 Å². The molecule has 0 saturated heterocycles. The molecule has 2 aliphatic carbocycles. The molecule has 1 heterocycles. The molecule has 3 atom stereocenters. The number of rotatable bonds is 5. The number of esters is 1. The number of hydrogen-bond donors (Lipinski definition) is 1. The van der Waals surface area contributed by atoms with Crippen molar-refractivity contribution in [2.75, 3.05) is 6.61 Å². The van der Waals surface area contributed by atoms with Gasteiger partial charge in [0.15, 0.2) is 5.69 Å². The zero-order valence-electron chi connectivity index (χ0n) is 11.0. The topological polar surface area (TPSA) is 55.0 Å². The van der Waals surface area contributed by atoms with Crippen molar-refractivity contribution in [2.24, 2.45) is 11.8 Å². The smallest absolute Gasteiger partial charge is 0.359 e. The Bertz CT molecular complexity index is 466. The molecule has 0 aromatic carbocycles. The standard InChI is InChI=1S/C14H20N2O2/c1-3-5-6-8-9-7-10-12(11(8)9)15-16-13(10)14(17)18-4-2/h8-9,11H,3-7H2,1-2H3,(H,15,16)/t8-,9-,11+/m0/s1. The number of carbonyl (C=O) groups is 1. The van der Waals surface area contributed by atoms with E-state index in [1.165, 1.54) is 25.0 Å². The van der Waals surface area contributed by atoms with E-state index in [4.69, 9.17) is 4.74 Å². The van der Waals surface area contributed by atoms with Crippen LogP contribution in [0.5, 0.6) is 0 Å². The van der Waals surface area contributed by atoms with Gasteiger partial charge in [-0.15, -0.1) is 0 Å². The molecule has 0 unspecified atom stereocenters. The Morgan fingerprint density at radius 2 is 2.33 bits per heavy atom. The third kappa shape index (κ3) is 1.66. The van der Waals surface area contributed by atoms with E-state index in [9.17, 15) is 4.79 Å². The zero-order valence-corrected chi connectivity index (χ0v) is 11.0. The Morgan fingerprint density at radius 3 is 3.06 bits per heavy atom. The molecule has 18 heavy (non-hydrogen) atoms. The van der Waals surface area contributed by atoms with Crippen molar-refractivity contribution < 1.29 is 9.53 Å². The highest BCUT2D eigenvalue weighted by atomic mass is 16.5. The number of ether oxygens (including phenoxy) is 1. The van der Waals surface area contributed by atoms with Crippen LogP contribution in [0.15, 0.2) is 0 Å². The average Bonchev–Trinajstić information content (AvgIpc) is 2.73. The molecule has 0 amide bonds. The summed E-state index contributed by atoms with van der Waals surface area (Å²) in [5, 5.41) is 7.22. The maximum absolute atomic E-state index is 11.7. The van der Waals surface area contributed by atoms with E-state index < -0.39 is 0 Å². The number of nitrogens with zero attached hydrogens (tertiary/aromatic N) is 1. The summed E-state index contributed by atoms with van der Waals surface area (Å²) in [6, 6.07) is 0. The normalized spacial score (nSPS) is 27.8. The molecule has 0 aliphatic heterocycles. The van der Waals surface area contributed by atoms with Crippen molar-refractivity contribution >= 4 is 5.97 Å². The first-order valence-electron chi connectivity index (χ1n) is 7.02. The number of hydrogen-bond acceptors (Lipinski definition) is 3. The lowest BCUT2D eigenvalue weighted by molar-refractivity contribution is 0.0518. The van der Waals surface area contributed by atoms with Gasteiger partial charge in [0.05, 0.1) is 6.61 Å². The molecule has 0 radical (unpaired) electrons. The Labute approximate surface area is 107 Å². The maximum atomic E-state index is 11.7. The molecule has 1 aromatic rings. The molecular weight excluding hydrogens is 228 g/mol. The van der Waals surface area contributed by atoms with Gasteiger partial charge in [-0.05, 0) is 31.6 Å². The number of aromatic nitrogens is 2. The van der Waals surface area contributed by atoms with Crippen molar-refractivity contribution in [1.29, 1.82) is 0 Å². The predicted molar refractivity (Wildman–Crippen MR) is 67.5 cm³/mol. The molecule has 0 spiro atoms. The van der Waals surface area contributed by atoms with E-state index in [-0.39, 0.29) is 5.97 Å². The largest absolute Gasteiger partial charge is 0.461 e. The predicted octanol–water partition coefficient (Wildman–Crippen LogP) is 2.66. The minimum Gasteiger partial charge on any atom is -0.461 e. The molecule has 2 aliphatic rings. The lowest BCUT2D eigenvalue weighted by atomic mass is 10.0. The lowest BCUT2D eigenvalue weighted by Crippen LogP contribution is -2.08. The number of fused-ring (bicyclic) bond motifs is 3. The third-order valence-corrected chi connectivity index (χ3v) is 4.36. The van der Waals surface area contributed by atoms with Crippen LogP contribution in [-0.4, -0.2) is 22.8 Å². The first-order chi connectivity index (χ1) is 8.77. The summed E-state index contributed by atoms with van der Waals surface area (Å²) >= 11 is 0. The Hall–Kier alpha value is -1.32. The molecule has 0 bridgehead atoms. The van der Waals surface area contributed by atoms with Crippen LogP contribution in [0.2, 0.25) is 0 Å². The monoisotopic (exact) mass is 248 g/mol. The van der Waals surface area contributed by atoms with E-state index in [0.29, 0.717) is 18.2 Å². The second-order valence-corrected chi connectivity index (χ2v) is 5.38. The molecule has 1 fully saturated rings. The summed E-state index contributed by atoms with van der Waals surface area (Å²) in [6.45, 7) is 4.47. The summed E-state index contributed by atoms with van der Waals surface area (Å²) in [6.07, 6.45) is 4.91. The van der Waals surface area contributed by atoms with Gasteiger partial charge < -0.3 is 4.74 Å². The minimum atomic E-state index is -0.276. The molecule has 1 aromatic heterocycles. The van der Waals surface area contributed by atoms with E-state index in [1.807, 2.05) is 6.92 Å². The number of H-pyrrole nitrogens is 1. The second-order valence-electron chi connectivity index (χ2n) is 5.38. The lowest BCUT2D eigenvalue weighted by Gasteiger charge is -2.04. The Balaban J connectivity index is 1.72. The first kappa shape index (κ1) is 11.8. The summed E-state index contributed by atoms with van der Waals surface area (Å²) < 4.78 is 5.03. The number of unbranched alkanes of at least 4 members (excludes halogenated alkanes) is 1. The molecule has 4 heteroatoms. The van der Waals surface area contributed by atoms with Crippen LogP contribution >= 0.6 is 0 Å². The quantitative estimate of drug-likeness (QED) is 0.815. The Morgan fingerprint density at radius 1 is 1.50 bits per heavy atom. The van der Waals surface area contributed by atoms with Gasteiger partial charge in [-0.2, -0.15) is 5.10 Å². The molecular formula is C14H20N2O2.